The van der Waals surface area contributed by atoms with Crippen molar-refractivity contribution in [2.45, 2.75) is 6.42 Å². The Balaban J connectivity index is 0.00000180. The number of benzene rings is 1. The molecule has 0 amide bonds. The highest BCUT2D eigenvalue weighted by molar-refractivity contribution is 14.0. The molecule has 0 fully saturated rings. The number of nitrogens with zero attached hydrogens (tertiary/aromatic N) is 3. The first kappa shape index (κ1) is 15.4. The van der Waals surface area contributed by atoms with Gasteiger partial charge in [-0.3, -0.25) is 4.99 Å². The monoisotopic (exact) mass is 375 g/mol. The van der Waals surface area contributed by atoms with E-state index in [-0.39, 0.29) is 35.8 Å². The lowest BCUT2D eigenvalue weighted by Gasteiger charge is -2.00. The average Bonchev–Trinajstić information content (AvgIpc) is 2.78. The Bertz CT molecular complexity index is 546. The number of hydrogen-bond donors (Lipinski definition) is 2. The van der Waals surface area contributed by atoms with Crippen LogP contribution >= 0.6 is 24.0 Å². The molecule has 0 radical (unpaired) electrons. The molecular weight excluding hydrogens is 360 g/mol. The Morgan fingerprint density at radius 2 is 1.89 bits per heavy atom. The minimum absolute atomic E-state index is 0. The standard InChI is InChI=1S/C12H14FN5.HI/c13-9-1-3-11(4-2-9)18-8-6-10(17-18)5-7-16-12(14)15;/h1-4,6,8H,5,7H2,(H4,14,15,16);1H. The van der Waals surface area contributed by atoms with Crippen molar-refractivity contribution in [3.8, 4) is 5.69 Å². The van der Waals surface area contributed by atoms with E-state index in [4.69, 9.17) is 11.5 Å². The summed E-state index contributed by atoms with van der Waals surface area (Å²) in [5, 5.41) is 4.35. The lowest BCUT2D eigenvalue weighted by atomic mass is 10.3. The topological polar surface area (TPSA) is 82.2 Å². The van der Waals surface area contributed by atoms with E-state index in [9.17, 15) is 4.39 Å². The number of aromatic nitrogens is 2. The molecule has 0 saturated heterocycles. The zero-order chi connectivity index (χ0) is 13.0. The Kier molecular flexibility index (Phi) is 5.74. The molecule has 102 valence electrons. The van der Waals surface area contributed by atoms with Crippen molar-refractivity contribution >= 4 is 29.9 Å². The van der Waals surface area contributed by atoms with Gasteiger partial charge >= 0.3 is 0 Å². The van der Waals surface area contributed by atoms with Crippen molar-refractivity contribution in [1.29, 1.82) is 0 Å². The maximum atomic E-state index is 12.8. The fraction of sp³-hybridized carbons (Fsp3) is 0.167. The molecule has 2 aromatic rings. The highest BCUT2D eigenvalue weighted by Crippen LogP contribution is 2.09. The summed E-state index contributed by atoms with van der Waals surface area (Å²) in [7, 11) is 0. The summed E-state index contributed by atoms with van der Waals surface area (Å²) in [6.45, 7) is 0.503. The third kappa shape index (κ3) is 4.51. The summed E-state index contributed by atoms with van der Waals surface area (Å²) in [6.07, 6.45) is 2.48. The molecule has 19 heavy (non-hydrogen) atoms. The van der Waals surface area contributed by atoms with Crippen molar-refractivity contribution in [1.82, 2.24) is 9.78 Å². The number of hydrogen-bond acceptors (Lipinski definition) is 2. The highest BCUT2D eigenvalue weighted by Gasteiger charge is 2.01. The van der Waals surface area contributed by atoms with Crippen LogP contribution in [0.4, 0.5) is 4.39 Å². The summed E-state index contributed by atoms with van der Waals surface area (Å²) >= 11 is 0. The van der Waals surface area contributed by atoms with E-state index in [1.165, 1.54) is 12.1 Å². The van der Waals surface area contributed by atoms with E-state index >= 15 is 0 Å². The van der Waals surface area contributed by atoms with Crippen LogP contribution in [-0.2, 0) is 6.42 Å². The molecule has 1 aromatic carbocycles. The van der Waals surface area contributed by atoms with Gasteiger partial charge in [-0.25, -0.2) is 9.07 Å². The second kappa shape index (κ2) is 7.07. The Labute approximate surface area is 127 Å². The van der Waals surface area contributed by atoms with E-state index in [0.717, 1.165) is 11.4 Å². The predicted octanol–water partition coefficient (Wildman–Crippen LogP) is 1.45. The zero-order valence-corrected chi connectivity index (χ0v) is 12.5. The van der Waals surface area contributed by atoms with Gasteiger partial charge in [-0.15, -0.1) is 24.0 Å². The van der Waals surface area contributed by atoms with Gasteiger partial charge in [0, 0.05) is 19.2 Å². The number of halogens is 2. The van der Waals surface area contributed by atoms with Crippen molar-refractivity contribution in [2.24, 2.45) is 16.5 Å². The molecule has 0 atom stereocenters. The fourth-order valence-corrected chi connectivity index (χ4v) is 1.53. The highest BCUT2D eigenvalue weighted by atomic mass is 127. The minimum atomic E-state index is -0.265. The van der Waals surface area contributed by atoms with Crippen LogP contribution in [0.1, 0.15) is 5.69 Å². The van der Waals surface area contributed by atoms with Gasteiger partial charge in [0.15, 0.2) is 5.96 Å². The van der Waals surface area contributed by atoms with E-state index in [2.05, 4.69) is 10.1 Å². The first-order valence-corrected chi connectivity index (χ1v) is 5.51. The van der Waals surface area contributed by atoms with Gasteiger partial charge in [-0.1, -0.05) is 0 Å². The van der Waals surface area contributed by atoms with Crippen LogP contribution in [0.3, 0.4) is 0 Å². The van der Waals surface area contributed by atoms with Gasteiger partial charge in [0.2, 0.25) is 0 Å². The van der Waals surface area contributed by atoms with Crippen LogP contribution in [0.5, 0.6) is 0 Å². The van der Waals surface area contributed by atoms with E-state index < -0.39 is 0 Å². The molecule has 0 spiro atoms. The second-order valence-electron chi connectivity index (χ2n) is 3.78. The van der Waals surface area contributed by atoms with E-state index in [1.54, 1.807) is 16.8 Å². The van der Waals surface area contributed by atoms with Gasteiger partial charge < -0.3 is 11.5 Å². The zero-order valence-electron chi connectivity index (χ0n) is 10.2. The van der Waals surface area contributed by atoms with Crippen LogP contribution in [0.25, 0.3) is 5.69 Å². The average molecular weight is 375 g/mol. The van der Waals surface area contributed by atoms with Crippen molar-refractivity contribution in [2.75, 3.05) is 6.54 Å². The quantitative estimate of drug-likeness (QED) is 0.482. The lowest BCUT2D eigenvalue weighted by Crippen LogP contribution is -2.23. The van der Waals surface area contributed by atoms with Crippen molar-refractivity contribution in [3.05, 3.63) is 48.0 Å². The molecule has 0 bridgehead atoms. The Morgan fingerprint density at radius 3 is 2.53 bits per heavy atom. The molecule has 7 heteroatoms. The van der Waals surface area contributed by atoms with Gasteiger partial charge in [-0.2, -0.15) is 5.10 Å². The second-order valence-corrected chi connectivity index (χ2v) is 3.78. The molecule has 1 aromatic heterocycles. The number of nitrogens with two attached hydrogens (primary N) is 2. The number of aliphatic imine (C=N–C) groups is 1. The van der Waals surface area contributed by atoms with E-state index in [1.807, 2.05) is 12.3 Å². The summed E-state index contributed by atoms with van der Waals surface area (Å²) in [6, 6.07) is 8.02. The molecule has 0 aliphatic heterocycles. The lowest BCUT2D eigenvalue weighted by molar-refractivity contribution is 0.627. The molecule has 0 aliphatic rings. The van der Waals surface area contributed by atoms with Gasteiger partial charge in [-0.05, 0) is 30.3 Å². The molecular formula is C12H15FIN5. The number of rotatable bonds is 4. The van der Waals surface area contributed by atoms with Crippen molar-refractivity contribution < 1.29 is 4.39 Å². The predicted molar refractivity (Wildman–Crippen MR) is 83.3 cm³/mol. The molecule has 0 unspecified atom stereocenters. The third-order valence-electron chi connectivity index (χ3n) is 2.40. The number of guanidine groups is 1. The van der Waals surface area contributed by atoms with E-state index in [0.29, 0.717) is 13.0 Å². The first-order valence-electron chi connectivity index (χ1n) is 5.51. The fourth-order valence-electron chi connectivity index (χ4n) is 1.53. The van der Waals surface area contributed by atoms with Crippen LogP contribution in [-0.4, -0.2) is 22.3 Å². The first-order chi connectivity index (χ1) is 8.65. The summed E-state index contributed by atoms with van der Waals surface area (Å²) in [4.78, 5) is 3.89. The van der Waals surface area contributed by atoms with Gasteiger partial charge in [0.1, 0.15) is 5.82 Å². The van der Waals surface area contributed by atoms with Crippen molar-refractivity contribution in [3.63, 3.8) is 0 Å². The summed E-state index contributed by atoms with van der Waals surface area (Å²) in [5.41, 5.74) is 12.2. The Hall–Kier alpha value is -1.64. The Morgan fingerprint density at radius 1 is 1.21 bits per heavy atom. The molecule has 4 N–H and O–H groups in total. The third-order valence-corrected chi connectivity index (χ3v) is 2.40. The SMILES string of the molecule is I.NC(N)=NCCc1ccn(-c2ccc(F)cc2)n1. The molecule has 0 saturated carbocycles. The largest absolute Gasteiger partial charge is 0.370 e. The maximum Gasteiger partial charge on any atom is 0.185 e. The van der Waals surface area contributed by atoms with Gasteiger partial charge in [0.05, 0.1) is 11.4 Å². The van der Waals surface area contributed by atoms with Crippen LogP contribution in [0.2, 0.25) is 0 Å². The smallest absolute Gasteiger partial charge is 0.185 e. The molecule has 0 aliphatic carbocycles. The maximum absolute atomic E-state index is 12.8. The summed E-state index contributed by atoms with van der Waals surface area (Å²) in [5.74, 6) is -0.188. The van der Waals surface area contributed by atoms with Crippen LogP contribution < -0.4 is 11.5 Å². The van der Waals surface area contributed by atoms with Crippen LogP contribution in [0.15, 0.2) is 41.5 Å². The van der Waals surface area contributed by atoms with Crippen LogP contribution in [0, 0.1) is 5.82 Å². The normalized spacial score (nSPS) is 9.74. The molecule has 5 nitrogen and oxygen atoms in total. The molecule has 1 heterocycles. The van der Waals surface area contributed by atoms with Gasteiger partial charge in [0.25, 0.3) is 0 Å². The minimum Gasteiger partial charge on any atom is -0.370 e. The summed E-state index contributed by atoms with van der Waals surface area (Å²) < 4.78 is 14.5. The molecule has 2 rings (SSSR count).